The van der Waals surface area contributed by atoms with E-state index in [4.69, 9.17) is 10.8 Å². The molecule has 1 atom stereocenters. The fraction of sp³-hybridized carbons (Fsp3) is 0.909. The summed E-state index contributed by atoms with van der Waals surface area (Å²) in [4.78, 5) is 16.3. The predicted molar refractivity (Wildman–Crippen MR) is 68.7 cm³/mol. The monoisotopic (exact) mass is 259 g/mol. The molecule has 2 rings (SSSR count). The lowest BCUT2D eigenvalue weighted by Crippen LogP contribution is -2.54. The van der Waals surface area contributed by atoms with Crippen molar-refractivity contribution >= 4 is 17.7 Å². The van der Waals surface area contributed by atoms with E-state index in [0.29, 0.717) is 0 Å². The molecule has 0 bridgehead atoms. The number of aliphatic hydroxyl groups excluding tert-OH is 1. The van der Waals surface area contributed by atoms with E-state index in [1.165, 1.54) is 5.75 Å². The smallest absolute Gasteiger partial charge is 0.241 e. The van der Waals surface area contributed by atoms with Crippen molar-refractivity contribution in [1.82, 2.24) is 9.80 Å². The molecule has 0 aliphatic carbocycles. The Labute approximate surface area is 106 Å². The summed E-state index contributed by atoms with van der Waals surface area (Å²) < 4.78 is 0. The van der Waals surface area contributed by atoms with Crippen molar-refractivity contribution in [3.8, 4) is 0 Å². The third kappa shape index (κ3) is 2.45. The highest BCUT2D eigenvalue weighted by Crippen LogP contribution is 2.42. The standard InChI is InChI=1S/C11H21N3O2S/c1-13-6-7-17-11(13)2-4-14(5-3-11)10(16)9(12)8-15/h9,15H,2-8,12H2,1H3/t9-/m0/s1. The zero-order chi connectivity index (χ0) is 12.5. The molecule has 2 aliphatic rings. The molecule has 0 saturated carbocycles. The Morgan fingerprint density at radius 2 is 2.12 bits per heavy atom. The molecule has 1 amide bonds. The molecule has 5 nitrogen and oxygen atoms in total. The van der Waals surface area contributed by atoms with Crippen molar-refractivity contribution in [2.45, 2.75) is 23.8 Å². The van der Waals surface area contributed by atoms with Gasteiger partial charge in [0.05, 0.1) is 11.5 Å². The summed E-state index contributed by atoms with van der Waals surface area (Å²) >= 11 is 2.01. The number of hydrogen-bond acceptors (Lipinski definition) is 5. The van der Waals surface area contributed by atoms with Crippen LogP contribution in [-0.4, -0.2) is 70.8 Å². The molecule has 17 heavy (non-hydrogen) atoms. The molecule has 0 unspecified atom stereocenters. The van der Waals surface area contributed by atoms with Crippen LogP contribution in [0.4, 0.5) is 0 Å². The topological polar surface area (TPSA) is 69.8 Å². The van der Waals surface area contributed by atoms with E-state index in [9.17, 15) is 4.79 Å². The average molecular weight is 259 g/mol. The van der Waals surface area contributed by atoms with Crippen molar-refractivity contribution in [2.75, 3.05) is 39.0 Å². The minimum atomic E-state index is -0.752. The first-order valence-corrected chi connectivity index (χ1v) is 7.08. The first-order chi connectivity index (χ1) is 8.09. The lowest BCUT2D eigenvalue weighted by Gasteiger charge is -2.43. The highest BCUT2D eigenvalue weighted by molar-refractivity contribution is 8.00. The van der Waals surface area contributed by atoms with Crippen LogP contribution < -0.4 is 5.73 Å². The molecule has 98 valence electrons. The van der Waals surface area contributed by atoms with Gasteiger partial charge in [-0.3, -0.25) is 9.69 Å². The number of carbonyl (C=O) groups excluding carboxylic acids is 1. The van der Waals surface area contributed by atoms with Gasteiger partial charge in [0, 0.05) is 25.4 Å². The van der Waals surface area contributed by atoms with Crippen LogP contribution in [0.15, 0.2) is 0 Å². The number of nitrogens with two attached hydrogens (primary N) is 1. The zero-order valence-corrected chi connectivity index (χ0v) is 11.1. The highest BCUT2D eigenvalue weighted by Gasteiger charge is 2.43. The van der Waals surface area contributed by atoms with E-state index in [0.717, 1.165) is 32.5 Å². The molecule has 0 aromatic rings. The van der Waals surface area contributed by atoms with Crippen LogP contribution in [0, 0.1) is 0 Å². The molecular weight excluding hydrogens is 238 g/mol. The normalized spacial score (nSPS) is 26.4. The van der Waals surface area contributed by atoms with Crippen molar-refractivity contribution < 1.29 is 9.90 Å². The first kappa shape index (κ1) is 13.1. The van der Waals surface area contributed by atoms with Crippen molar-refractivity contribution in [3.63, 3.8) is 0 Å². The Morgan fingerprint density at radius 1 is 1.47 bits per heavy atom. The van der Waals surface area contributed by atoms with Crippen LogP contribution >= 0.6 is 11.8 Å². The van der Waals surface area contributed by atoms with Crippen molar-refractivity contribution in [2.24, 2.45) is 5.73 Å². The summed E-state index contributed by atoms with van der Waals surface area (Å²) in [5, 5.41) is 8.90. The van der Waals surface area contributed by atoms with Crippen molar-refractivity contribution in [3.05, 3.63) is 0 Å². The van der Waals surface area contributed by atoms with Gasteiger partial charge in [0.2, 0.25) is 5.91 Å². The SMILES string of the molecule is CN1CCSC12CCN(C(=O)[C@@H](N)CO)CC2. The fourth-order valence-electron chi connectivity index (χ4n) is 2.60. The number of carbonyl (C=O) groups is 1. The number of thioether (sulfide) groups is 1. The Hall–Kier alpha value is -0.300. The van der Waals surface area contributed by atoms with Gasteiger partial charge in [-0.05, 0) is 19.9 Å². The van der Waals surface area contributed by atoms with Crippen LogP contribution in [-0.2, 0) is 4.79 Å². The van der Waals surface area contributed by atoms with Crippen LogP contribution in [0.25, 0.3) is 0 Å². The van der Waals surface area contributed by atoms with Gasteiger partial charge in [-0.2, -0.15) is 0 Å². The number of likely N-dealkylation sites (tertiary alicyclic amines) is 1. The molecule has 0 radical (unpaired) electrons. The molecule has 6 heteroatoms. The number of amides is 1. The number of aliphatic hydroxyl groups is 1. The molecule has 0 aromatic carbocycles. The van der Waals surface area contributed by atoms with E-state index < -0.39 is 6.04 Å². The second-order valence-corrected chi connectivity index (χ2v) is 6.29. The van der Waals surface area contributed by atoms with Gasteiger partial charge >= 0.3 is 0 Å². The molecule has 2 fully saturated rings. The number of rotatable bonds is 2. The molecule has 2 aliphatic heterocycles. The Kier molecular flexibility index (Phi) is 3.97. The van der Waals surface area contributed by atoms with Crippen LogP contribution in [0.2, 0.25) is 0 Å². The minimum absolute atomic E-state index is 0.118. The van der Waals surface area contributed by atoms with Crippen LogP contribution in [0.5, 0.6) is 0 Å². The molecule has 2 saturated heterocycles. The third-order valence-electron chi connectivity index (χ3n) is 3.86. The summed E-state index contributed by atoms with van der Waals surface area (Å²) in [7, 11) is 2.16. The van der Waals surface area contributed by atoms with Gasteiger partial charge in [-0.15, -0.1) is 11.8 Å². The average Bonchev–Trinajstić information content (AvgIpc) is 2.70. The summed E-state index contributed by atoms with van der Waals surface area (Å²) in [6, 6.07) is -0.752. The maximum absolute atomic E-state index is 11.8. The highest BCUT2D eigenvalue weighted by atomic mass is 32.2. The van der Waals surface area contributed by atoms with Crippen molar-refractivity contribution in [1.29, 1.82) is 0 Å². The van der Waals surface area contributed by atoms with Gasteiger partial charge < -0.3 is 15.7 Å². The molecule has 0 aromatic heterocycles. The third-order valence-corrected chi connectivity index (χ3v) is 5.51. The second kappa shape index (κ2) is 5.14. The Balaban J connectivity index is 1.92. The number of piperidine rings is 1. The minimum Gasteiger partial charge on any atom is -0.394 e. The van der Waals surface area contributed by atoms with Gasteiger partial charge in [0.25, 0.3) is 0 Å². The summed E-state index contributed by atoms with van der Waals surface area (Å²) in [5.41, 5.74) is 5.56. The number of nitrogens with zero attached hydrogens (tertiary/aromatic N) is 2. The predicted octanol–water partition coefficient (Wildman–Crippen LogP) is -0.697. The van der Waals surface area contributed by atoms with Gasteiger partial charge in [-0.25, -0.2) is 0 Å². The van der Waals surface area contributed by atoms with E-state index in [1.54, 1.807) is 4.90 Å². The second-order valence-electron chi connectivity index (χ2n) is 4.83. The molecule has 1 spiro atoms. The van der Waals surface area contributed by atoms with E-state index in [-0.39, 0.29) is 17.4 Å². The van der Waals surface area contributed by atoms with E-state index in [1.807, 2.05) is 11.8 Å². The van der Waals surface area contributed by atoms with E-state index >= 15 is 0 Å². The molecule has 2 heterocycles. The number of hydrogen-bond donors (Lipinski definition) is 2. The Morgan fingerprint density at radius 3 is 2.59 bits per heavy atom. The Bertz CT molecular complexity index is 292. The molecular formula is C11H21N3O2S. The maximum Gasteiger partial charge on any atom is 0.241 e. The van der Waals surface area contributed by atoms with Gasteiger partial charge in [-0.1, -0.05) is 0 Å². The summed E-state index contributed by atoms with van der Waals surface area (Å²) in [5.74, 6) is 1.06. The van der Waals surface area contributed by atoms with Crippen LogP contribution in [0.3, 0.4) is 0 Å². The van der Waals surface area contributed by atoms with Crippen LogP contribution in [0.1, 0.15) is 12.8 Å². The van der Waals surface area contributed by atoms with Gasteiger partial charge in [0.15, 0.2) is 0 Å². The lowest BCUT2D eigenvalue weighted by atomic mass is 10.0. The first-order valence-electron chi connectivity index (χ1n) is 6.09. The molecule has 3 N–H and O–H groups in total. The van der Waals surface area contributed by atoms with Gasteiger partial charge in [0.1, 0.15) is 6.04 Å². The maximum atomic E-state index is 11.8. The fourth-order valence-corrected chi connectivity index (χ4v) is 4.13. The lowest BCUT2D eigenvalue weighted by molar-refractivity contribution is -0.135. The summed E-state index contributed by atoms with van der Waals surface area (Å²) in [6.07, 6.45) is 2.00. The summed E-state index contributed by atoms with van der Waals surface area (Å²) in [6.45, 7) is 2.37. The van der Waals surface area contributed by atoms with E-state index in [2.05, 4.69) is 11.9 Å². The zero-order valence-electron chi connectivity index (χ0n) is 10.3. The largest absolute Gasteiger partial charge is 0.394 e. The quantitative estimate of drug-likeness (QED) is 0.686.